The lowest BCUT2D eigenvalue weighted by atomic mass is 9.93. The number of hydrogen-bond donors (Lipinski definition) is 0. The van der Waals surface area contributed by atoms with Crippen molar-refractivity contribution < 1.29 is 23.9 Å². The summed E-state index contributed by atoms with van der Waals surface area (Å²) in [6.07, 6.45) is 2.72. The van der Waals surface area contributed by atoms with Crippen LogP contribution in [0.4, 0.5) is 4.79 Å². The second-order valence-electron chi connectivity index (χ2n) is 6.84. The van der Waals surface area contributed by atoms with E-state index >= 15 is 0 Å². The highest BCUT2D eigenvalue weighted by molar-refractivity contribution is 5.88. The van der Waals surface area contributed by atoms with Crippen LogP contribution in [0.5, 0.6) is 0 Å². The summed E-state index contributed by atoms with van der Waals surface area (Å²) in [6.45, 7) is 2.11. The fraction of sp³-hybridized carbons (Fsp3) is 0.550. The van der Waals surface area contributed by atoms with Crippen LogP contribution in [0.3, 0.4) is 0 Å². The van der Waals surface area contributed by atoms with Crippen LogP contribution in [0.15, 0.2) is 30.3 Å². The number of esters is 1. The zero-order valence-electron chi connectivity index (χ0n) is 15.1. The lowest BCUT2D eigenvalue weighted by molar-refractivity contribution is -0.148. The average molecular weight is 359 g/mol. The minimum atomic E-state index is -0.740. The number of hydrogen-bond acceptors (Lipinski definition) is 5. The second-order valence-corrected chi connectivity index (χ2v) is 6.84. The first-order valence-corrected chi connectivity index (χ1v) is 9.30. The van der Waals surface area contributed by atoms with E-state index in [2.05, 4.69) is 0 Å². The van der Waals surface area contributed by atoms with E-state index in [1.807, 2.05) is 30.3 Å². The normalized spacial score (nSPS) is 25.3. The number of ketones is 1. The molecule has 6 heteroatoms. The molecule has 0 unspecified atom stereocenters. The molecule has 26 heavy (non-hydrogen) atoms. The maximum absolute atomic E-state index is 12.8. The van der Waals surface area contributed by atoms with Crippen LogP contribution >= 0.6 is 0 Å². The first-order valence-electron chi connectivity index (χ1n) is 9.30. The maximum atomic E-state index is 12.8. The Hall–Kier alpha value is -2.37. The number of benzene rings is 1. The van der Waals surface area contributed by atoms with Crippen LogP contribution in [0.2, 0.25) is 0 Å². The minimum Gasteiger partial charge on any atom is -0.464 e. The molecule has 1 amide bonds. The monoisotopic (exact) mass is 359 g/mol. The maximum Gasteiger partial charge on any atom is 0.411 e. The molecule has 0 aromatic heterocycles. The van der Waals surface area contributed by atoms with E-state index in [1.165, 1.54) is 4.90 Å². The van der Waals surface area contributed by atoms with Gasteiger partial charge in [0, 0.05) is 18.4 Å². The topological polar surface area (TPSA) is 72.9 Å². The van der Waals surface area contributed by atoms with Crippen molar-refractivity contribution in [3.63, 3.8) is 0 Å². The average Bonchev–Trinajstić information content (AvgIpc) is 2.95. The zero-order chi connectivity index (χ0) is 18.5. The summed E-state index contributed by atoms with van der Waals surface area (Å²) < 4.78 is 10.6. The number of likely N-dealkylation sites (tertiary alicyclic amines) is 1. The number of fused-ring (bicyclic) bond motifs is 1. The zero-order valence-corrected chi connectivity index (χ0v) is 15.1. The van der Waals surface area contributed by atoms with Gasteiger partial charge in [-0.25, -0.2) is 9.59 Å². The van der Waals surface area contributed by atoms with Crippen LogP contribution in [0, 0.1) is 5.92 Å². The third-order valence-electron chi connectivity index (χ3n) is 5.20. The molecule has 1 aromatic rings. The van der Waals surface area contributed by atoms with Crippen molar-refractivity contribution in [3.05, 3.63) is 35.9 Å². The Balaban J connectivity index is 1.77. The van der Waals surface area contributed by atoms with Crippen LogP contribution in [-0.4, -0.2) is 41.4 Å². The van der Waals surface area contributed by atoms with Crippen LogP contribution < -0.4 is 0 Å². The van der Waals surface area contributed by atoms with E-state index in [9.17, 15) is 14.4 Å². The van der Waals surface area contributed by atoms with E-state index in [-0.39, 0.29) is 31.0 Å². The van der Waals surface area contributed by atoms with Gasteiger partial charge in [0.15, 0.2) is 0 Å². The van der Waals surface area contributed by atoms with Gasteiger partial charge in [-0.2, -0.15) is 0 Å². The molecule has 0 bridgehead atoms. The molecule has 1 heterocycles. The van der Waals surface area contributed by atoms with E-state index in [1.54, 1.807) is 6.92 Å². The first kappa shape index (κ1) is 18.4. The predicted octanol–water partition coefficient (Wildman–Crippen LogP) is 3.09. The van der Waals surface area contributed by atoms with Gasteiger partial charge in [-0.1, -0.05) is 36.8 Å². The van der Waals surface area contributed by atoms with Crippen LogP contribution in [0.1, 0.15) is 44.6 Å². The molecule has 2 aliphatic rings. The lowest BCUT2D eigenvalue weighted by Gasteiger charge is -2.29. The van der Waals surface area contributed by atoms with Gasteiger partial charge in [-0.05, 0) is 31.7 Å². The molecule has 0 radical (unpaired) electrons. The van der Waals surface area contributed by atoms with Gasteiger partial charge < -0.3 is 9.47 Å². The number of nitrogens with zero attached hydrogens (tertiary/aromatic N) is 1. The standard InChI is InChI=1S/C20H25NO5/c1-2-25-19(23)17-12-15-16(10-6-7-11-18(15)22)21(17)20(24)26-13-14-8-4-3-5-9-14/h3-5,8-9,15-17H,2,6-7,10-13H2,1H3/t15-,16-,17-/m0/s1. The van der Waals surface area contributed by atoms with Crippen molar-refractivity contribution in [2.24, 2.45) is 5.92 Å². The third-order valence-corrected chi connectivity index (χ3v) is 5.20. The van der Waals surface area contributed by atoms with Crippen molar-refractivity contribution >= 4 is 17.8 Å². The van der Waals surface area contributed by atoms with Gasteiger partial charge in [0.2, 0.25) is 0 Å². The van der Waals surface area contributed by atoms with Gasteiger partial charge in [-0.15, -0.1) is 0 Å². The van der Waals surface area contributed by atoms with E-state index in [0.717, 1.165) is 18.4 Å². The quantitative estimate of drug-likeness (QED) is 0.773. The molecule has 1 aromatic carbocycles. The predicted molar refractivity (Wildman–Crippen MR) is 94.3 cm³/mol. The minimum absolute atomic E-state index is 0.136. The summed E-state index contributed by atoms with van der Waals surface area (Å²) >= 11 is 0. The summed E-state index contributed by atoms with van der Waals surface area (Å²) in [7, 11) is 0. The summed E-state index contributed by atoms with van der Waals surface area (Å²) in [4.78, 5) is 39.1. The lowest BCUT2D eigenvalue weighted by Crippen LogP contribution is -2.46. The first-order chi connectivity index (χ1) is 12.6. The van der Waals surface area contributed by atoms with Crippen molar-refractivity contribution in [1.29, 1.82) is 0 Å². The highest BCUT2D eigenvalue weighted by Gasteiger charge is 2.51. The molecule has 3 rings (SSSR count). The Bertz CT molecular complexity index is 659. The van der Waals surface area contributed by atoms with Crippen molar-refractivity contribution in [2.75, 3.05) is 6.61 Å². The summed E-state index contributed by atoms with van der Waals surface area (Å²) in [5.41, 5.74) is 0.876. The number of ether oxygens (including phenoxy) is 2. The molecule has 6 nitrogen and oxygen atoms in total. The molecule has 1 saturated heterocycles. The summed E-state index contributed by atoms with van der Waals surface area (Å²) in [5.74, 6) is -0.610. The highest BCUT2D eigenvalue weighted by atomic mass is 16.6. The molecular weight excluding hydrogens is 334 g/mol. The number of Topliss-reactive ketones (excluding diaryl/α,β-unsaturated/α-hetero) is 1. The Labute approximate surface area is 153 Å². The number of rotatable bonds is 4. The number of carbonyl (C=O) groups excluding carboxylic acids is 3. The SMILES string of the molecule is CCOC(=O)[C@@H]1C[C@@H]2C(=O)CCCC[C@@H]2N1C(=O)OCc1ccccc1. The third kappa shape index (κ3) is 3.89. The van der Waals surface area contributed by atoms with E-state index in [0.29, 0.717) is 19.3 Å². The molecule has 1 aliphatic heterocycles. The van der Waals surface area contributed by atoms with Gasteiger partial charge >= 0.3 is 12.1 Å². The molecule has 3 atom stereocenters. The van der Waals surface area contributed by atoms with Gasteiger partial charge in [0.05, 0.1) is 6.61 Å². The summed E-state index contributed by atoms with van der Waals surface area (Å²) in [5, 5.41) is 0. The van der Waals surface area contributed by atoms with Crippen LogP contribution in [-0.2, 0) is 25.7 Å². The Morgan fingerprint density at radius 1 is 1.15 bits per heavy atom. The van der Waals surface area contributed by atoms with E-state index < -0.39 is 18.1 Å². The van der Waals surface area contributed by atoms with Crippen LogP contribution in [0.25, 0.3) is 0 Å². The largest absolute Gasteiger partial charge is 0.464 e. The molecule has 0 N–H and O–H groups in total. The van der Waals surface area contributed by atoms with Gasteiger partial charge in [0.1, 0.15) is 18.4 Å². The smallest absolute Gasteiger partial charge is 0.411 e. The van der Waals surface area contributed by atoms with E-state index in [4.69, 9.17) is 9.47 Å². The molecular formula is C20H25NO5. The Morgan fingerprint density at radius 2 is 1.92 bits per heavy atom. The highest BCUT2D eigenvalue weighted by Crippen LogP contribution is 2.38. The molecule has 1 saturated carbocycles. The van der Waals surface area contributed by atoms with Crippen molar-refractivity contribution in [1.82, 2.24) is 4.90 Å². The molecule has 0 spiro atoms. The van der Waals surface area contributed by atoms with Gasteiger partial charge in [0.25, 0.3) is 0 Å². The molecule has 1 aliphatic carbocycles. The Morgan fingerprint density at radius 3 is 2.65 bits per heavy atom. The molecule has 2 fully saturated rings. The fourth-order valence-electron chi connectivity index (χ4n) is 3.97. The number of carbonyl (C=O) groups is 3. The van der Waals surface area contributed by atoms with Crippen molar-refractivity contribution in [3.8, 4) is 0 Å². The Kier molecular flexibility index (Phi) is 5.91. The molecule has 140 valence electrons. The van der Waals surface area contributed by atoms with Crippen molar-refractivity contribution in [2.45, 2.75) is 57.7 Å². The fourth-order valence-corrected chi connectivity index (χ4v) is 3.97. The van der Waals surface area contributed by atoms with Gasteiger partial charge in [-0.3, -0.25) is 9.69 Å². The summed E-state index contributed by atoms with van der Waals surface area (Å²) in [6, 6.07) is 8.37. The number of amides is 1. The second kappa shape index (κ2) is 8.34.